The number of ether oxygens (including phenoxy) is 1. The van der Waals surface area contributed by atoms with Gasteiger partial charge in [0, 0.05) is 32.1 Å². The smallest absolute Gasteiger partial charge is 0.435 e. The summed E-state index contributed by atoms with van der Waals surface area (Å²) in [5.41, 5.74) is -1.08. The fourth-order valence-corrected chi connectivity index (χ4v) is 1.81. The van der Waals surface area contributed by atoms with Gasteiger partial charge in [-0.2, -0.15) is 18.3 Å². The van der Waals surface area contributed by atoms with Crippen LogP contribution in [0.2, 0.25) is 0 Å². The number of rotatable bonds is 4. The number of halogens is 3. The van der Waals surface area contributed by atoms with E-state index in [1.807, 2.05) is 0 Å². The Hall–Kier alpha value is -2.58. The van der Waals surface area contributed by atoms with Gasteiger partial charge in [-0.1, -0.05) is 0 Å². The maximum Gasteiger partial charge on any atom is 0.435 e. The van der Waals surface area contributed by atoms with E-state index in [0.29, 0.717) is 11.4 Å². The van der Waals surface area contributed by atoms with Crippen LogP contribution in [0.3, 0.4) is 0 Å². The topological polar surface area (TPSA) is 69.0 Å². The van der Waals surface area contributed by atoms with Gasteiger partial charge in [-0.15, -0.1) is 0 Å². The molecule has 0 aliphatic rings. The predicted octanol–water partition coefficient (Wildman–Crippen LogP) is 1.77. The molecular formula is C13H13F3N4O2. The summed E-state index contributed by atoms with van der Waals surface area (Å²) < 4.78 is 44.3. The van der Waals surface area contributed by atoms with Gasteiger partial charge in [0.15, 0.2) is 5.69 Å². The van der Waals surface area contributed by atoms with Crippen LogP contribution in [0, 0.1) is 0 Å². The first kappa shape index (κ1) is 15.8. The lowest BCUT2D eigenvalue weighted by molar-refractivity contribution is -0.141. The van der Waals surface area contributed by atoms with E-state index in [1.54, 1.807) is 12.1 Å². The van der Waals surface area contributed by atoms with Crippen molar-refractivity contribution < 1.29 is 22.7 Å². The van der Waals surface area contributed by atoms with Crippen LogP contribution in [-0.4, -0.2) is 27.8 Å². The predicted molar refractivity (Wildman–Crippen MR) is 70.2 cm³/mol. The molecular weight excluding hydrogens is 301 g/mol. The van der Waals surface area contributed by atoms with Gasteiger partial charge < -0.3 is 10.1 Å². The summed E-state index contributed by atoms with van der Waals surface area (Å²) in [4.78, 5) is 15.8. The van der Waals surface area contributed by atoms with Crippen molar-refractivity contribution in [3.63, 3.8) is 0 Å². The van der Waals surface area contributed by atoms with E-state index in [1.165, 1.54) is 20.4 Å². The average molecular weight is 314 g/mol. The van der Waals surface area contributed by atoms with Crippen molar-refractivity contribution in [3.8, 4) is 5.88 Å². The summed E-state index contributed by atoms with van der Waals surface area (Å²) in [5, 5.41) is 5.70. The highest BCUT2D eigenvalue weighted by Crippen LogP contribution is 2.30. The van der Waals surface area contributed by atoms with Crippen LogP contribution in [0.4, 0.5) is 13.2 Å². The Kier molecular flexibility index (Phi) is 4.34. The quantitative estimate of drug-likeness (QED) is 0.934. The molecule has 1 N–H and O–H groups in total. The maximum atomic E-state index is 12.8. The Balaban J connectivity index is 2.13. The second-order valence-electron chi connectivity index (χ2n) is 4.45. The minimum absolute atomic E-state index is 0.0455. The molecule has 0 saturated carbocycles. The zero-order valence-electron chi connectivity index (χ0n) is 11.8. The zero-order chi connectivity index (χ0) is 16.3. The number of carbonyl (C=O) groups is 1. The molecule has 6 nitrogen and oxygen atoms in total. The molecule has 0 aliphatic carbocycles. The van der Waals surface area contributed by atoms with Gasteiger partial charge in [0.05, 0.1) is 12.7 Å². The molecule has 0 aromatic carbocycles. The molecule has 0 bridgehead atoms. The second-order valence-corrected chi connectivity index (χ2v) is 4.45. The van der Waals surface area contributed by atoms with Gasteiger partial charge >= 0.3 is 6.18 Å². The molecule has 0 aliphatic heterocycles. The number of carbonyl (C=O) groups excluding carboxylic acids is 1. The van der Waals surface area contributed by atoms with E-state index in [9.17, 15) is 18.0 Å². The number of methoxy groups -OCH3 is 1. The van der Waals surface area contributed by atoms with Crippen molar-refractivity contribution in [2.24, 2.45) is 7.05 Å². The number of nitrogens with zero attached hydrogens (tertiary/aromatic N) is 3. The molecule has 9 heteroatoms. The van der Waals surface area contributed by atoms with Crippen LogP contribution in [0.1, 0.15) is 21.6 Å². The fourth-order valence-electron chi connectivity index (χ4n) is 1.81. The minimum Gasteiger partial charge on any atom is -0.481 e. The van der Waals surface area contributed by atoms with E-state index in [2.05, 4.69) is 15.4 Å². The number of amides is 1. The van der Waals surface area contributed by atoms with E-state index in [0.717, 1.165) is 10.9 Å². The van der Waals surface area contributed by atoms with Gasteiger partial charge in [0.2, 0.25) is 5.88 Å². The van der Waals surface area contributed by atoms with Crippen LogP contribution in [0.25, 0.3) is 0 Å². The molecule has 1 amide bonds. The van der Waals surface area contributed by atoms with Crippen molar-refractivity contribution in [2.75, 3.05) is 7.11 Å². The van der Waals surface area contributed by atoms with Crippen molar-refractivity contribution in [1.29, 1.82) is 0 Å². The van der Waals surface area contributed by atoms with E-state index < -0.39 is 23.3 Å². The summed E-state index contributed by atoms with van der Waals surface area (Å²) in [7, 11) is 2.76. The van der Waals surface area contributed by atoms with Crippen LogP contribution < -0.4 is 10.1 Å². The van der Waals surface area contributed by atoms with Crippen LogP contribution in [0.15, 0.2) is 24.5 Å². The highest BCUT2D eigenvalue weighted by molar-refractivity contribution is 5.95. The SMILES string of the molecule is COc1cc(CNC(=O)c2cn(C)nc2C(F)(F)F)ccn1. The fraction of sp³-hybridized carbons (Fsp3) is 0.308. The highest BCUT2D eigenvalue weighted by atomic mass is 19.4. The molecule has 2 heterocycles. The van der Waals surface area contributed by atoms with Crippen molar-refractivity contribution in [3.05, 3.63) is 41.3 Å². The molecule has 118 valence electrons. The summed E-state index contributed by atoms with van der Waals surface area (Å²) in [5.74, 6) is -0.500. The third-order valence-electron chi connectivity index (χ3n) is 2.80. The van der Waals surface area contributed by atoms with Crippen molar-refractivity contribution in [2.45, 2.75) is 12.7 Å². The Morgan fingerprint density at radius 3 is 2.82 bits per heavy atom. The molecule has 2 aromatic rings. The van der Waals surface area contributed by atoms with E-state index in [-0.39, 0.29) is 6.54 Å². The molecule has 0 atom stereocenters. The number of nitrogens with one attached hydrogen (secondary N) is 1. The molecule has 2 aromatic heterocycles. The first-order valence-corrected chi connectivity index (χ1v) is 6.19. The van der Waals surface area contributed by atoms with E-state index >= 15 is 0 Å². The highest BCUT2D eigenvalue weighted by Gasteiger charge is 2.38. The summed E-state index contributed by atoms with van der Waals surface area (Å²) in [6.45, 7) is 0.0455. The minimum atomic E-state index is -4.69. The lowest BCUT2D eigenvalue weighted by atomic mass is 10.2. The Labute approximate surface area is 123 Å². The molecule has 22 heavy (non-hydrogen) atoms. The Bertz CT molecular complexity index is 682. The largest absolute Gasteiger partial charge is 0.481 e. The number of aryl methyl sites for hydroxylation is 1. The molecule has 0 unspecified atom stereocenters. The first-order chi connectivity index (χ1) is 10.3. The standard InChI is InChI=1S/C13H13F3N4O2/c1-20-7-9(11(19-20)13(14,15)16)12(21)18-6-8-3-4-17-10(5-8)22-2/h3-5,7H,6H2,1-2H3,(H,18,21). The first-order valence-electron chi connectivity index (χ1n) is 6.19. The molecule has 0 radical (unpaired) electrons. The lowest BCUT2D eigenvalue weighted by Crippen LogP contribution is -2.25. The van der Waals surface area contributed by atoms with E-state index in [4.69, 9.17) is 4.74 Å². The molecule has 0 fully saturated rings. The Morgan fingerprint density at radius 1 is 1.45 bits per heavy atom. The molecule has 0 spiro atoms. The maximum absolute atomic E-state index is 12.8. The molecule has 0 saturated heterocycles. The lowest BCUT2D eigenvalue weighted by Gasteiger charge is -2.08. The summed E-state index contributed by atoms with van der Waals surface area (Å²) >= 11 is 0. The zero-order valence-corrected chi connectivity index (χ0v) is 11.8. The third kappa shape index (κ3) is 3.54. The summed E-state index contributed by atoms with van der Waals surface area (Å²) in [6.07, 6.45) is -2.18. The van der Waals surface area contributed by atoms with Gasteiger partial charge in [-0.3, -0.25) is 9.48 Å². The monoisotopic (exact) mass is 314 g/mol. The third-order valence-corrected chi connectivity index (χ3v) is 2.80. The Morgan fingerprint density at radius 2 is 2.18 bits per heavy atom. The number of pyridine rings is 1. The van der Waals surface area contributed by atoms with Gasteiger partial charge in [0.1, 0.15) is 0 Å². The van der Waals surface area contributed by atoms with Gasteiger partial charge in [-0.25, -0.2) is 4.98 Å². The number of alkyl halides is 3. The van der Waals surface area contributed by atoms with Gasteiger partial charge in [0.25, 0.3) is 5.91 Å². The normalized spacial score (nSPS) is 11.3. The number of aromatic nitrogens is 3. The van der Waals surface area contributed by atoms with Gasteiger partial charge in [-0.05, 0) is 11.6 Å². The number of hydrogen-bond donors (Lipinski definition) is 1. The van der Waals surface area contributed by atoms with Crippen molar-refractivity contribution >= 4 is 5.91 Å². The van der Waals surface area contributed by atoms with Crippen LogP contribution >= 0.6 is 0 Å². The average Bonchev–Trinajstić information content (AvgIpc) is 2.87. The number of hydrogen-bond acceptors (Lipinski definition) is 4. The van der Waals surface area contributed by atoms with Crippen LogP contribution in [0.5, 0.6) is 5.88 Å². The summed E-state index contributed by atoms with van der Waals surface area (Å²) in [6, 6.07) is 3.20. The van der Waals surface area contributed by atoms with Crippen LogP contribution in [-0.2, 0) is 19.8 Å². The van der Waals surface area contributed by atoms with Crippen molar-refractivity contribution in [1.82, 2.24) is 20.1 Å². The second kappa shape index (κ2) is 6.04. The molecule has 2 rings (SSSR count).